The lowest BCUT2D eigenvalue weighted by Crippen LogP contribution is -2.67. The van der Waals surface area contributed by atoms with E-state index >= 15 is 0 Å². The summed E-state index contributed by atoms with van der Waals surface area (Å²) in [5.41, 5.74) is 1.76. The molecule has 2 aliphatic rings. The number of phenols is 3. The minimum Gasteiger partial charge on any atom is -0.508 e. The first-order valence-electron chi connectivity index (χ1n) is 29.0. The molecule has 0 aromatic heterocycles. The van der Waals surface area contributed by atoms with E-state index in [1.807, 2.05) is 0 Å². The molecular weight excluding hydrogens is 1210 g/mol. The van der Waals surface area contributed by atoms with Gasteiger partial charge in [0.15, 0.2) is 6.10 Å². The first-order valence-corrected chi connectivity index (χ1v) is 29.8. The van der Waals surface area contributed by atoms with E-state index in [1.54, 1.807) is 52.0 Å². The van der Waals surface area contributed by atoms with Crippen molar-refractivity contribution >= 4 is 75.1 Å². The molecule has 5 rings (SSSR count). The Morgan fingerprint density at radius 3 is 1.89 bits per heavy atom. The van der Waals surface area contributed by atoms with Crippen LogP contribution in [0.1, 0.15) is 97.3 Å². The zero-order valence-electron chi connectivity index (χ0n) is 50.3. The highest BCUT2D eigenvalue weighted by Gasteiger charge is 2.47. The SMILES string of the molecule is CC(C)[C@H](NC(=O)[C@H](C)NC(=O)[C@H](CCCc1ccc(O)cc1)NC(=O)[C@H](O)CO)C(=O)N[C@@H]1C(=O)NC(CCc2ccc(O)cc2)C(=O)N[C@H]2CC[C@@H](O)N(C2=O)[C@@H]([C@H](C)O)C(=O)N(C)[C@@H](Cc2ccc(O)c(Br)c2)C(=O)N[C@@H](C(C)C)C(=O)O[C@@H]1C. The first-order chi connectivity index (χ1) is 41.4. The third-order valence-corrected chi connectivity index (χ3v) is 16.0. The van der Waals surface area contributed by atoms with E-state index in [0.717, 1.165) is 10.5 Å². The summed E-state index contributed by atoms with van der Waals surface area (Å²) in [4.78, 5) is 145. The van der Waals surface area contributed by atoms with Crippen LogP contribution in [-0.2, 0) is 71.9 Å². The van der Waals surface area contributed by atoms with Gasteiger partial charge in [0.2, 0.25) is 47.3 Å². The van der Waals surface area contributed by atoms with E-state index in [2.05, 4.69) is 53.1 Å². The van der Waals surface area contributed by atoms with Crippen molar-refractivity contribution in [1.82, 2.24) is 47.0 Å². The Balaban J connectivity index is 1.52. The monoisotopic (exact) mass is 1300 g/mol. The van der Waals surface area contributed by atoms with Crippen molar-refractivity contribution in [3.05, 3.63) is 87.9 Å². The number of halogens is 1. The van der Waals surface area contributed by atoms with Gasteiger partial charge in [0, 0.05) is 13.5 Å². The molecule has 2 aliphatic heterocycles. The summed E-state index contributed by atoms with van der Waals surface area (Å²) in [6, 6.07) is 2.28. The first kappa shape index (κ1) is 70.8. The topological polar surface area (TPSA) is 412 Å². The van der Waals surface area contributed by atoms with Gasteiger partial charge in [-0.2, -0.15) is 0 Å². The zero-order valence-corrected chi connectivity index (χ0v) is 51.9. The molecule has 14 N–H and O–H groups in total. The number of cyclic esters (lactones) is 1. The molecule has 27 nitrogen and oxygen atoms in total. The number of aryl methyl sites for hydroxylation is 2. The van der Waals surface area contributed by atoms with Gasteiger partial charge in [-0.05, 0) is 147 Å². The Bertz CT molecular complexity index is 2970. The number of aliphatic hydroxyl groups is 4. The number of aromatic hydroxyl groups is 3. The molecule has 1 unspecified atom stereocenters. The average Bonchev–Trinajstić information content (AvgIpc) is 1.83. The number of carbonyl (C=O) groups excluding carboxylic acids is 10. The number of piperidine rings is 1. The smallest absolute Gasteiger partial charge is 0.329 e. The number of amides is 9. The van der Waals surface area contributed by atoms with Crippen molar-refractivity contribution in [2.75, 3.05) is 13.7 Å². The van der Waals surface area contributed by atoms with Gasteiger partial charge in [-0.15, -0.1) is 0 Å². The predicted molar refractivity (Wildman–Crippen MR) is 319 cm³/mol. The molecule has 2 saturated heterocycles. The van der Waals surface area contributed by atoms with Gasteiger partial charge in [0.1, 0.15) is 84.0 Å². The summed E-state index contributed by atoms with van der Waals surface area (Å²) < 4.78 is 6.16. The van der Waals surface area contributed by atoms with Crippen molar-refractivity contribution in [2.24, 2.45) is 11.8 Å². The van der Waals surface area contributed by atoms with Crippen LogP contribution in [0.2, 0.25) is 0 Å². The lowest BCUT2D eigenvalue weighted by molar-refractivity contribution is -0.170. The van der Waals surface area contributed by atoms with Gasteiger partial charge in [-0.3, -0.25) is 43.2 Å². The highest BCUT2D eigenvalue weighted by Crippen LogP contribution is 2.28. The van der Waals surface area contributed by atoms with E-state index in [-0.39, 0.29) is 60.2 Å². The summed E-state index contributed by atoms with van der Waals surface area (Å²) >= 11 is 3.25. The number of hydrogen-bond donors (Lipinski definition) is 14. The predicted octanol–water partition coefficient (Wildman–Crippen LogP) is -0.695. The number of benzene rings is 3. The summed E-state index contributed by atoms with van der Waals surface area (Å²) in [5.74, 6) is -11.9. The normalized spacial score (nSPS) is 23.4. The molecule has 0 spiro atoms. The van der Waals surface area contributed by atoms with Crippen molar-refractivity contribution in [3.8, 4) is 17.2 Å². The third kappa shape index (κ3) is 19.3. The fourth-order valence-electron chi connectivity index (χ4n) is 10.1. The number of nitrogens with zero attached hydrogens (tertiary/aromatic N) is 2. The Morgan fingerprint density at radius 2 is 1.32 bits per heavy atom. The van der Waals surface area contributed by atoms with Gasteiger partial charge in [-0.1, -0.05) is 58.0 Å². The number of fused-ring (bicyclic) bond motifs is 2. The number of ether oxygens (including phenoxy) is 1. The molecule has 0 saturated carbocycles. The molecule has 9 amide bonds. The summed E-state index contributed by atoms with van der Waals surface area (Å²) in [5, 5.41) is 89.9. The Labute approximate surface area is 517 Å². The van der Waals surface area contributed by atoms with Gasteiger partial charge in [-0.25, -0.2) is 4.79 Å². The highest BCUT2D eigenvalue weighted by molar-refractivity contribution is 9.10. The molecule has 0 radical (unpaired) electrons. The average molecular weight is 1300 g/mol. The quantitative estimate of drug-likeness (QED) is 0.0587. The van der Waals surface area contributed by atoms with E-state index in [1.165, 1.54) is 70.3 Å². The van der Waals surface area contributed by atoms with E-state index in [4.69, 9.17) is 4.74 Å². The van der Waals surface area contributed by atoms with Crippen molar-refractivity contribution in [1.29, 1.82) is 0 Å². The highest BCUT2D eigenvalue weighted by atomic mass is 79.9. The van der Waals surface area contributed by atoms with Crippen LogP contribution in [0.15, 0.2) is 71.2 Å². The molecule has 13 atom stereocenters. The van der Waals surface area contributed by atoms with E-state index in [0.29, 0.717) is 28.9 Å². The van der Waals surface area contributed by atoms with Gasteiger partial charge in [0.25, 0.3) is 5.91 Å². The van der Waals surface area contributed by atoms with E-state index < -0.39 is 156 Å². The third-order valence-electron chi connectivity index (χ3n) is 15.3. The van der Waals surface area contributed by atoms with Crippen LogP contribution in [0.5, 0.6) is 17.2 Å². The fourth-order valence-corrected chi connectivity index (χ4v) is 10.5. The van der Waals surface area contributed by atoms with Crippen LogP contribution in [0.4, 0.5) is 0 Å². The number of nitrogens with one attached hydrogen (secondary N) is 7. The van der Waals surface area contributed by atoms with Gasteiger partial charge < -0.3 is 87.5 Å². The summed E-state index contributed by atoms with van der Waals surface area (Å²) in [6.07, 6.45) is -7.12. The van der Waals surface area contributed by atoms with Crippen LogP contribution in [0.25, 0.3) is 0 Å². The van der Waals surface area contributed by atoms with Crippen LogP contribution in [0.3, 0.4) is 0 Å². The molecule has 2 bridgehead atoms. The summed E-state index contributed by atoms with van der Waals surface area (Å²) in [7, 11) is 1.22. The molecule has 3 aromatic carbocycles. The Morgan fingerprint density at radius 1 is 0.716 bits per heavy atom. The number of phenolic OH excluding ortho intramolecular Hbond substituents is 3. The van der Waals surface area contributed by atoms with Gasteiger partial charge >= 0.3 is 5.97 Å². The maximum atomic E-state index is 15.0. The number of rotatable bonds is 21. The van der Waals surface area contributed by atoms with Crippen LogP contribution < -0.4 is 37.2 Å². The molecule has 88 heavy (non-hydrogen) atoms. The van der Waals surface area contributed by atoms with Crippen LogP contribution in [-0.4, -0.2) is 197 Å². The Kier molecular flexibility index (Phi) is 26.0. The second-order valence-corrected chi connectivity index (χ2v) is 23.8. The second kappa shape index (κ2) is 32.3. The zero-order chi connectivity index (χ0) is 65.4. The fraction of sp³-hybridized carbons (Fsp3) is 0.533. The van der Waals surface area contributed by atoms with Crippen molar-refractivity contribution in [2.45, 2.75) is 179 Å². The van der Waals surface area contributed by atoms with Crippen molar-refractivity contribution in [3.63, 3.8) is 0 Å². The largest absolute Gasteiger partial charge is 0.508 e. The molecule has 2 fully saturated rings. The standard InChI is InChI=1S/C60H82BrN9O18/c1-29(2)47(66-51(78)31(5)62-52(79)40(63-55(82)45(76)28-71)11-9-10-34-12-18-37(73)19-13-34)56(83)68-49-33(7)88-60(87)48(30(3)4)67-54(81)43(27-36-17-24-44(75)39(61)26-36)69(8)59(86)50(32(6)72)70-46(77)25-23-42(58(70)85)65-53(80)41(64-57(49)84)22-16-35-14-20-38(74)21-15-35/h12-15,17-21,24,26,29-33,40-43,45-50,71-77H,9-11,16,22-23,25,27-28H2,1-8H3,(H,62,79)(H,63,82)(H,64,84)(H,65,80)(H,66,78)(H,67,81)(H,68,83)/t31-,32-,33+,40-,41?,42-,43-,45+,46+,47-,48-,49-,50-/m0/s1. The van der Waals surface area contributed by atoms with Crippen molar-refractivity contribution < 1.29 is 88.4 Å². The summed E-state index contributed by atoms with van der Waals surface area (Å²) in [6.45, 7) is 8.96. The molecule has 28 heteroatoms. The molecule has 2 heterocycles. The second-order valence-electron chi connectivity index (χ2n) is 22.9. The molecule has 3 aromatic rings. The maximum absolute atomic E-state index is 15.0. The minimum atomic E-state index is -1.92. The maximum Gasteiger partial charge on any atom is 0.329 e. The number of carbonyl (C=O) groups is 10. The minimum absolute atomic E-state index is 0.0121. The molecule has 0 aliphatic carbocycles. The lowest BCUT2D eigenvalue weighted by Gasteiger charge is -2.43. The Hall–Kier alpha value is -7.92. The number of hydrogen-bond acceptors (Lipinski definition) is 18. The molecule has 482 valence electrons. The number of esters is 1. The van der Waals surface area contributed by atoms with Crippen LogP contribution in [0, 0.1) is 11.8 Å². The number of aliphatic hydroxyl groups excluding tert-OH is 4. The van der Waals surface area contributed by atoms with Gasteiger partial charge in [0.05, 0.1) is 17.2 Å². The molecular formula is C60H82BrN9O18. The van der Waals surface area contributed by atoms with E-state index in [9.17, 15) is 83.7 Å². The van der Waals surface area contributed by atoms with Crippen LogP contribution >= 0.6 is 15.9 Å². The lowest BCUT2D eigenvalue weighted by atomic mass is 9.96. The number of likely N-dealkylation sites (N-methyl/N-ethyl adjacent to an activating group) is 1.